The molecule has 0 fully saturated rings. The molecule has 1 unspecified atom stereocenters. The summed E-state index contributed by atoms with van der Waals surface area (Å²) in [5, 5.41) is 3.50. The van der Waals surface area contributed by atoms with Crippen molar-refractivity contribution in [1.29, 1.82) is 0 Å². The van der Waals surface area contributed by atoms with Gasteiger partial charge >= 0.3 is 5.97 Å². The molecule has 2 aromatic carbocycles. The summed E-state index contributed by atoms with van der Waals surface area (Å²) in [6, 6.07) is 18.4. The van der Waals surface area contributed by atoms with E-state index in [2.05, 4.69) is 47.6 Å². The summed E-state index contributed by atoms with van der Waals surface area (Å²) in [5.74, 6) is 5.64. The van der Waals surface area contributed by atoms with Crippen LogP contribution in [0.3, 0.4) is 0 Å². The molecule has 3 heteroatoms. The van der Waals surface area contributed by atoms with E-state index in [1.54, 1.807) is 6.92 Å². The zero-order chi connectivity index (χ0) is 18.0. The standard InChI is InChI=1S/C23H19O2S/c1-2-14-23(15-5-6-16-23)25-22(24)19-9-11-20(12-10-19)26-17-13-18-7-3-4-8-21(18)26/h3-13,17H,15-16H2,1H3/q+1. The number of ether oxygens (including phenoxy) is 1. The second-order valence-electron chi connectivity index (χ2n) is 6.34. The van der Waals surface area contributed by atoms with Crippen LogP contribution >= 0.6 is 10.5 Å². The van der Waals surface area contributed by atoms with Crippen molar-refractivity contribution in [1.82, 2.24) is 0 Å². The van der Waals surface area contributed by atoms with E-state index in [0.717, 1.165) is 0 Å². The minimum atomic E-state index is -0.695. The molecule has 1 aromatic heterocycles. The summed E-state index contributed by atoms with van der Waals surface area (Å²) < 4.78 is 7.09. The van der Waals surface area contributed by atoms with Crippen LogP contribution in [0, 0.1) is 11.8 Å². The average molecular weight is 359 g/mol. The Labute approximate surface area is 156 Å². The molecule has 1 aliphatic rings. The maximum absolute atomic E-state index is 12.6. The highest BCUT2D eigenvalue weighted by atomic mass is 32.2. The van der Waals surface area contributed by atoms with Crippen LogP contribution in [0.2, 0.25) is 0 Å². The molecule has 0 bridgehead atoms. The number of rotatable bonds is 3. The molecule has 3 aromatic rings. The maximum Gasteiger partial charge on any atom is 0.339 e. The SMILES string of the molecule is CC#CC1(OC(=O)c2ccc(-[s+]3ccc4ccccc43)cc2)CC=CC1. The highest BCUT2D eigenvalue weighted by molar-refractivity contribution is 7.43. The fraction of sp³-hybridized carbons (Fsp3) is 0.174. The highest BCUT2D eigenvalue weighted by Gasteiger charge is 2.33. The van der Waals surface area contributed by atoms with E-state index >= 15 is 0 Å². The Bertz CT molecular complexity index is 1040. The minimum Gasteiger partial charge on any atom is -0.442 e. The van der Waals surface area contributed by atoms with Crippen LogP contribution in [-0.2, 0) is 4.74 Å². The molecule has 0 amide bonds. The Morgan fingerprint density at radius 1 is 1.04 bits per heavy atom. The van der Waals surface area contributed by atoms with Gasteiger partial charge in [0.2, 0.25) is 0 Å². The van der Waals surface area contributed by atoms with Crippen molar-refractivity contribution in [2.24, 2.45) is 0 Å². The van der Waals surface area contributed by atoms with Crippen LogP contribution in [-0.4, -0.2) is 11.6 Å². The lowest BCUT2D eigenvalue weighted by molar-refractivity contribution is 0.0124. The molecule has 26 heavy (non-hydrogen) atoms. The molecular weight excluding hydrogens is 340 g/mol. The van der Waals surface area contributed by atoms with Gasteiger partial charge in [-0.1, -0.05) is 30.2 Å². The first-order valence-corrected chi connectivity index (χ1v) is 9.92. The monoisotopic (exact) mass is 359 g/mol. The maximum atomic E-state index is 12.6. The Hall–Kier alpha value is -2.83. The number of fused-ring (bicyclic) bond motifs is 1. The van der Waals surface area contributed by atoms with Gasteiger partial charge in [0.25, 0.3) is 0 Å². The predicted octanol–water partition coefficient (Wildman–Crippen LogP) is 5.85. The number of carbonyl (C=O) groups is 1. The van der Waals surface area contributed by atoms with Gasteiger partial charge in [0.05, 0.1) is 5.56 Å². The topological polar surface area (TPSA) is 26.3 Å². The Kier molecular flexibility index (Phi) is 4.36. The number of esters is 1. The van der Waals surface area contributed by atoms with Crippen molar-refractivity contribution < 1.29 is 9.53 Å². The summed E-state index contributed by atoms with van der Waals surface area (Å²) in [6.07, 6.45) is 5.35. The first-order valence-electron chi connectivity index (χ1n) is 8.63. The van der Waals surface area contributed by atoms with Gasteiger partial charge in [0, 0.05) is 34.8 Å². The summed E-state index contributed by atoms with van der Waals surface area (Å²) in [6.45, 7) is 1.77. The Morgan fingerprint density at radius 3 is 2.50 bits per heavy atom. The van der Waals surface area contributed by atoms with Crippen molar-refractivity contribution in [3.8, 4) is 16.7 Å². The van der Waals surface area contributed by atoms with E-state index in [4.69, 9.17) is 4.74 Å². The molecule has 1 heterocycles. The van der Waals surface area contributed by atoms with E-state index in [-0.39, 0.29) is 16.4 Å². The number of hydrogen-bond acceptors (Lipinski definition) is 2. The molecular formula is C23H19O2S+. The molecule has 0 radical (unpaired) electrons. The third-order valence-electron chi connectivity index (χ3n) is 4.59. The second kappa shape index (κ2) is 6.82. The summed E-state index contributed by atoms with van der Waals surface area (Å²) in [4.78, 5) is 13.8. The van der Waals surface area contributed by atoms with Gasteiger partial charge in [-0.15, -0.1) is 5.92 Å². The van der Waals surface area contributed by atoms with Gasteiger partial charge in [0.15, 0.2) is 15.2 Å². The van der Waals surface area contributed by atoms with Crippen molar-refractivity contribution in [2.45, 2.75) is 25.4 Å². The van der Waals surface area contributed by atoms with E-state index in [1.165, 1.54) is 15.0 Å². The number of carbonyl (C=O) groups excluding carboxylic acids is 1. The lowest BCUT2D eigenvalue weighted by atomic mass is 10.0. The van der Waals surface area contributed by atoms with Crippen LogP contribution in [0.1, 0.15) is 30.1 Å². The van der Waals surface area contributed by atoms with E-state index in [9.17, 15) is 4.79 Å². The van der Waals surface area contributed by atoms with E-state index < -0.39 is 5.60 Å². The van der Waals surface area contributed by atoms with Crippen LogP contribution in [0.25, 0.3) is 15.0 Å². The van der Waals surface area contributed by atoms with Gasteiger partial charge < -0.3 is 4.74 Å². The number of benzene rings is 2. The fourth-order valence-corrected chi connectivity index (χ4v) is 5.17. The first kappa shape index (κ1) is 16.6. The van der Waals surface area contributed by atoms with E-state index in [1.807, 2.05) is 36.4 Å². The molecule has 0 N–H and O–H groups in total. The van der Waals surface area contributed by atoms with Gasteiger partial charge in [-0.05, 0) is 43.3 Å². The van der Waals surface area contributed by atoms with Crippen LogP contribution in [0.5, 0.6) is 0 Å². The number of thiophene rings is 1. The molecule has 0 spiro atoms. The van der Waals surface area contributed by atoms with Crippen LogP contribution in [0.15, 0.2) is 72.1 Å². The van der Waals surface area contributed by atoms with Crippen LogP contribution < -0.4 is 0 Å². The molecule has 0 saturated carbocycles. The van der Waals surface area contributed by atoms with Crippen molar-refractivity contribution in [3.63, 3.8) is 0 Å². The summed E-state index contributed by atoms with van der Waals surface area (Å²) >= 11 is 0. The largest absolute Gasteiger partial charge is 0.442 e. The molecule has 0 aliphatic heterocycles. The molecule has 2 nitrogen and oxygen atoms in total. The molecule has 1 atom stereocenters. The van der Waals surface area contributed by atoms with Gasteiger partial charge in [-0.3, -0.25) is 0 Å². The third kappa shape index (κ3) is 3.05. The van der Waals surface area contributed by atoms with Crippen molar-refractivity contribution in [2.75, 3.05) is 0 Å². The van der Waals surface area contributed by atoms with Crippen LogP contribution in [0.4, 0.5) is 0 Å². The van der Waals surface area contributed by atoms with Crippen molar-refractivity contribution >= 4 is 26.5 Å². The zero-order valence-corrected chi connectivity index (χ0v) is 15.4. The zero-order valence-electron chi connectivity index (χ0n) is 14.6. The van der Waals surface area contributed by atoms with Crippen molar-refractivity contribution in [3.05, 3.63) is 77.7 Å². The summed E-state index contributed by atoms with van der Waals surface area (Å²) in [7, 11) is -0.0674. The van der Waals surface area contributed by atoms with Gasteiger partial charge in [0.1, 0.15) is 5.38 Å². The van der Waals surface area contributed by atoms with Gasteiger partial charge in [-0.2, -0.15) is 0 Å². The van der Waals surface area contributed by atoms with Gasteiger partial charge in [-0.25, -0.2) is 4.79 Å². The quantitative estimate of drug-likeness (QED) is 0.254. The summed E-state index contributed by atoms with van der Waals surface area (Å²) in [5.41, 5.74) is -0.127. The van der Waals surface area contributed by atoms with E-state index in [0.29, 0.717) is 18.4 Å². The smallest absolute Gasteiger partial charge is 0.339 e. The predicted molar refractivity (Wildman–Crippen MR) is 108 cm³/mol. The Balaban J connectivity index is 1.57. The third-order valence-corrected chi connectivity index (χ3v) is 6.62. The number of hydrogen-bond donors (Lipinski definition) is 0. The molecule has 0 saturated heterocycles. The minimum absolute atomic E-state index is 0.0674. The normalized spacial score (nSPS) is 15.5. The lowest BCUT2D eigenvalue weighted by Gasteiger charge is -2.23. The second-order valence-corrected chi connectivity index (χ2v) is 8.20. The first-order chi connectivity index (χ1) is 12.7. The Morgan fingerprint density at radius 2 is 1.77 bits per heavy atom. The average Bonchev–Trinajstić information content (AvgIpc) is 3.29. The highest BCUT2D eigenvalue weighted by Crippen LogP contribution is 2.39. The molecule has 4 rings (SSSR count). The molecule has 128 valence electrons. The lowest BCUT2D eigenvalue weighted by Crippen LogP contribution is -2.30. The molecule has 1 aliphatic carbocycles. The fourth-order valence-electron chi connectivity index (χ4n) is 3.28.